The van der Waals surface area contributed by atoms with E-state index in [0.717, 1.165) is 11.1 Å². The van der Waals surface area contributed by atoms with E-state index in [1.807, 2.05) is 30.3 Å². The number of carbonyl (C=O) groups excluding carboxylic acids is 1. The predicted molar refractivity (Wildman–Crippen MR) is 92.2 cm³/mol. The molecule has 0 heterocycles. The van der Waals surface area contributed by atoms with Crippen molar-refractivity contribution in [2.24, 2.45) is 0 Å². The number of nitro groups is 1. The minimum Gasteiger partial charge on any atom is -0.450 e. The number of non-ortho nitro benzene ring substituents is 1. The molecule has 0 aromatic heterocycles. The van der Waals surface area contributed by atoms with Crippen molar-refractivity contribution in [2.75, 3.05) is 0 Å². The van der Waals surface area contributed by atoms with Gasteiger partial charge in [0.15, 0.2) is 0 Å². The minimum atomic E-state index is -0.564. The molecular weight excluding hydrogens is 306 g/mol. The van der Waals surface area contributed by atoms with E-state index in [-0.39, 0.29) is 5.69 Å². The maximum absolute atomic E-state index is 11.8. The Morgan fingerprint density at radius 3 is 2.33 bits per heavy atom. The van der Waals surface area contributed by atoms with Gasteiger partial charge in [-0.25, -0.2) is 4.79 Å². The summed E-state index contributed by atoms with van der Waals surface area (Å²) < 4.78 is 5.45. The summed E-state index contributed by atoms with van der Waals surface area (Å²) in [6.45, 7) is 5.17. The summed E-state index contributed by atoms with van der Waals surface area (Å²) >= 11 is 0. The predicted octanol–water partition coefficient (Wildman–Crippen LogP) is 4.47. The van der Waals surface area contributed by atoms with E-state index >= 15 is 0 Å². The zero-order valence-electron chi connectivity index (χ0n) is 13.2. The molecule has 24 heavy (non-hydrogen) atoms. The Labute approximate surface area is 140 Å². The fraction of sp³-hybridized carbons (Fsp3) is 0.105. The first-order valence-electron chi connectivity index (χ1n) is 7.31. The summed E-state index contributed by atoms with van der Waals surface area (Å²) in [4.78, 5) is 22.0. The first-order valence-corrected chi connectivity index (χ1v) is 7.31. The largest absolute Gasteiger partial charge is 0.450 e. The molecule has 0 fully saturated rings. The van der Waals surface area contributed by atoms with Crippen LogP contribution in [0.15, 0.2) is 72.8 Å². The van der Waals surface area contributed by atoms with Crippen molar-refractivity contribution in [1.29, 1.82) is 0 Å². The number of hydrogen-bond donors (Lipinski definition) is 0. The molecule has 2 aromatic rings. The SMILES string of the molecule is C=C(C)C(=O)OC(C=Cc1ccc([N+](=O)[O-])cc1)c1ccccc1. The van der Waals surface area contributed by atoms with Crippen LogP contribution in [0.1, 0.15) is 24.2 Å². The Morgan fingerprint density at radius 2 is 1.79 bits per heavy atom. The van der Waals surface area contributed by atoms with E-state index in [1.54, 1.807) is 31.2 Å². The third kappa shape index (κ3) is 4.64. The lowest BCUT2D eigenvalue weighted by molar-refractivity contribution is -0.384. The topological polar surface area (TPSA) is 69.4 Å². The number of carbonyl (C=O) groups is 1. The molecule has 5 heteroatoms. The Hall–Kier alpha value is -3.21. The average molecular weight is 323 g/mol. The van der Waals surface area contributed by atoms with Crippen LogP contribution in [0, 0.1) is 10.1 Å². The lowest BCUT2D eigenvalue weighted by atomic mass is 10.1. The second kappa shape index (κ2) is 7.87. The molecule has 0 bridgehead atoms. The number of hydrogen-bond acceptors (Lipinski definition) is 4. The van der Waals surface area contributed by atoms with Crippen molar-refractivity contribution in [2.45, 2.75) is 13.0 Å². The van der Waals surface area contributed by atoms with Gasteiger partial charge < -0.3 is 4.74 Å². The lowest BCUT2D eigenvalue weighted by Gasteiger charge is -2.15. The first-order chi connectivity index (χ1) is 11.5. The summed E-state index contributed by atoms with van der Waals surface area (Å²) in [6.07, 6.45) is 2.93. The van der Waals surface area contributed by atoms with E-state index < -0.39 is 17.0 Å². The normalized spacial score (nSPS) is 11.9. The van der Waals surface area contributed by atoms with E-state index in [0.29, 0.717) is 5.57 Å². The number of esters is 1. The zero-order valence-corrected chi connectivity index (χ0v) is 13.2. The second-order valence-electron chi connectivity index (χ2n) is 5.22. The minimum absolute atomic E-state index is 0.0282. The van der Waals surface area contributed by atoms with Crippen LogP contribution < -0.4 is 0 Å². The molecule has 2 rings (SSSR count). The molecule has 0 aliphatic carbocycles. The quantitative estimate of drug-likeness (QED) is 0.340. The standard InChI is InChI=1S/C19H17NO4/c1-14(2)19(21)24-18(16-6-4-3-5-7-16)13-10-15-8-11-17(12-9-15)20(22)23/h3-13,18H,1H2,2H3. The van der Waals surface area contributed by atoms with Crippen LogP contribution in [-0.4, -0.2) is 10.9 Å². The molecule has 0 saturated carbocycles. The zero-order chi connectivity index (χ0) is 17.5. The van der Waals surface area contributed by atoms with Gasteiger partial charge in [-0.1, -0.05) is 43.0 Å². The van der Waals surface area contributed by atoms with Gasteiger partial charge in [0.25, 0.3) is 5.69 Å². The molecule has 122 valence electrons. The summed E-state index contributed by atoms with van der Waals surface area (Å²) in [5.74, 6) is -0.475. The maximum Gasteiger partial charge on any atom is 0.334 e. The van der Waals surface area contributed by atoms with E-state index in [2.05, 4.69) is 6.58 Å². The number of rotatable bonds is 6. The molecule has 0 N–H and O–H groups in total. The van der Waals surface area contributed by atoms with Crippen molar-refractivity contribution < 1.29 is 14.5 Å². The molecule has 1 atom stereocenters. The van der Waals surface area contributed by atoms with Crippen LogP contribution in [0.4, 0.5) is 5.69 Å². The van der Waals surface area contributed by atoms with Gasteiger partial charge >= 0.3 is 5.97 Å². The second-order valence-corrected chi connectivity index (χ2v) is 5.22. The Kier molecular flexibility index (Phi) is 5.63. The Balaban J connectivity index is 2.22. The van der Waals surface area contributed by atoms with Crippen molar-refractivity contribution in [3.63, 3.8) is 0 Å². The third-order valence-corrected chi connectivity index (χ3v) is 3.28. The van der Waals surface area contributed by atoms with E-state index in [4.69, 9.17) is 4.74 Å². The summed E-state index contributed by atoms with van der Waals surface area (Å²) in [7, 11) is 0. The third-order valence-electron chi connectivity index (χ3n) is 3.28. The highest BCUT2D eigenvalue weighted by Gasteiger charge is 2.14. The molecule has 0 radical (unpaired) electrons. The fourth-order valence-corrected chi connectivity index (χ4v) is 1.98. The van der Waals surface area contributed by atoms with Gasteiger partial charge in [-0.05, 0) is 36.3 Å². The van der Waals surface area contributed by atoms with Crippen LogP contribution in [0.5, 0.6) is 0 Å². The van der Waals surface area contributed by atoms with Crippen LogP contribution in [0.3, 0.4) is 0 Å². The molecular formula is C19H17NO4. The summed E-state index contributed by atoms with van der Waals surface area (Å²) in [5.41, 5.74) is 1.94. The van der Waals surface area contributed by atoms with Gasteiger partial charge in [-0.2, -0.15) is 0 Å². The van der Waals surface area contributed by atoms with Gasteiger partial charge in [0, 0.05) is 17.7 Å². The van der Waals surface area contributed by atoms with Gasteiger partial charge in [-0.3, -0.25) is 10.1 Å². The smallest absolute Gasteiger partial charge is 0.334 e. The first kappa shape index (κ1) is 17.1. The van der Waals surface area contributed by atoms with Crippen LogP contribution in [0.2, 0.25) is 0 Å². The van der Waals surface area contributed by atoms with Gasteiger partial charge in [0.1, 0.15) is 6.10 Å². The molecule has 0 aliphatic rings. The Morgan fingerprint density at radius 1 is 1.17 bits per heavy atom. The monoisotopic (exact) mass is 323 g/mol. The van der Waals surface area contributed by atoms with Crippen LogP contribution in [0.25, 0.3) is 6.08 Å². The van der Waals surface area contributed by atoms with Crippen molar-refractivity contribution in [3.8, 4) is 0 Å². The molecule has 0 amide bonds. The number of nitrogens with zero attached hydrogens (tertiary/aromatic N) is 1. The molecule has 0 aliphatic heterocycles. The number of benzene rings is 2. The number of ether oxygens (including phenoxy) is 1. The van der Waals surface area contributed by atoms with Crippen LogP contribution >= 0.6 is 0 Å². The summed E-state index contributed by atoms with van der Waals surface area (Å²) in [5, 5.41) is 10.7. The van der Waals surface area contributed by atoms with Crippen molar-refractivity contribution >= 4 is 17.7 Å². The van der Waals surface area contributed by atoms with E-state index in [1.165, 1.54) is 12.1 Å². The fourth-order valence-electron chi connectivity index (χ4n) is 1.98. The highest BCUT2D eigenvalue weighted by molar-refractivity contribution is 5.87. The number of nitro benzene ring substituents is 1. The van der Waals surface area contributed by atoms with Crippen LogP contribution in [-0.2, 0) is 9.53 Å². The highest BCUT2D eigenvalue weighted by Crippen LogP contribution is 2.22. The average Bonchev–Trinajstić information content (AvgIpc) is 2.59. The lowest BCUT2D eigenvalue weighted by Crippen LogP contribution is -2.10. The van der Waals surface area contributed by atoms with Crippen molar-refractivity contribution in [3.05, 3.63) is 94.1 Å². The molecule has 5 nitrogen and oxygen atoms in total. The molecule has 1 unspecified atom stereocenters. The van der Waals surface area contributed by atoms with E-state index in [9.17, 15) is 14.9 Å². The van der Waals surface area contributed by atoms with Gasteiger partial charge in [0.2, 0.25) is 0 Å². The summed E-state index contributed by atoms with van der Waals surface area (Å²) in [6, 6.07) is 15.4. The maximum atomic E-state index is 11.8. The van der Waals surface area contributed by atoms with Gasteiger partial charge in [0.05, 0.1) is 4.92 Å². The Bertz CT molecular complexity index is 764. The highest BCUT2D eigenvalue weighted by atomic mass is 16.6. The molecule has 0 saturated heterocycles. The van der Waals surface area contributed by atoms with Crippen molar-refractivity contribution in [1.82, 2.24) is 0 Å². The van der Waals surface area contributed by atoms with Gasteiger partial charge in [-0.15, -0.1) is 0 Å². The molecule has 0 spiro atoms. The molecule has 2 aromatic carbocycles.